The van der Waals surface area contributed by atoms with Crippen molar-refractivity contribution in [3.8, 4) is 11.5 Å². The van der Waals surface area contributed by atoms with Gasteiger partial charge in [-0.15, -0.1) is 6.58 Å². The molecule has 0 bridgehead atoms. The fourth-order valence-electron chi connectivity index (χ4n) is 2.44. The third kappa shape index (κ3) is 5.24. The molecule has 28 heavy (non-hydrogen) atoms. The van der Waals surface area contributed by atoms with Crippen LogP contribution in [0.15, 0.2) is 30.5 Å². The van der Waals surface area contributed by atoms with Crippen LogP contribution in [0.3, 0.4) is 0 Å². The van der Waals surface area contributed by atoms with Crippen molar-refractivity contribution in [2.24, 2.45) is 0 Å². The zero-order valence-corrected chi connectivity index (χ0v) is 17.8. The summed E-state index contributed by atoms with van der Waals surface area (Å²) in [5.74, 6) is -0.0768. The van der Waals surface area contributed by atoms with Crippen LogP contribution in [0.4, 0.5) is 4.79 Å². The first-order chi connectivity index (χ1) is 13.4. The maximum absolute atomic E-state index is 12.3. The summed E-state index contributed by atoms with van der Waals surface area (Å²) < 4.78 is 16.7. The number of ether oxygens (including phenoxy) is 3. The highest BCUT2D eigenvalue weighted by Crippen LogP contribution is 2.35. The molecule has 2 rings (SSSR count). The van der Waals surface area contributed by atoms with Crippen molar-refractivity contribution in [3.63, 3.8) is 0 Å². The predicted octanol–water partition coefficient (Wildman–Crippen LogP) is 2.71. The predicted molar refractivity (Wildman–Crippen MR) is 111 cm³/mol. The molecule has 0 aromatic heterocycles. The molecule has 150 valence electrons. The molecule has 1 aromatic carbocycles. The van der Waals surface area contributed by atoms with E-state index in [0.717, 1.165) is 4.90 Å². The first-order valence-electron chi connectivity index (χ1n) is 8.61. The highest BCUT2D eigenvalue weighted by molar-refractivity contribution is 14.1. The van der Waals surface area contributed by atoms with Gasteiger partial charge in [0, 0.05) is 6.54 Å². The largest absolute Gasteiger partial charge is 0.490 e. The lowest BCUT2D eigenvalue weighted by molar-refractivity contribution is -0.145. The van der Waals surface area contributed by atoms with E-state index < -0.39 is 17.9 Å². The SMILES string of the molecule is C=CCN1C(=O)N/C(=C/c2cc(I)c(OCC(=O)OCC)c(OCC)c2)C1=O. The van der Waals surface area contributed by atoms with Crippen LogP contribution in [0, 0.1) is 3.57 Å². The van der Waals surface area contributed by atoms with Gasteiger partial charge >= 0.3 is 12.0 Å². The smallest absolute Gasteiger partial charge is 0.344 e. The van der Waals surface area contributed by atoms with Crippen LogP contribution in [0.25, 0.3) is 6.08 Å². The summed E-state index contributed by atoms with van der Waals surface area (Å²) in [6.45, 7) is 7.62. The molecule has 1 N–H and O–H groups in total. The Balaban J connectivity index is 2.29. The highest BCUT2D eigenvalue weighted by Gasteiger charge is 2.32. The van der Waals surface area contributed by atoms with Gasteiger partial charge in [-0.05, 0) is 60.2 Å². The lowest BCUT2D eigenvalue weighted by Crippen LogP contribution is -2.30. The molecule has 0 spiro atoms. The van der Waals surface area contributed by atoms with Gasteiger partial charge < -0.3 is 19.5 Å². The molecule has 9 heteroatoms. The van der Waals surface area contributed by atoms with Crippen LogP contribution in [-0.4, -0.2) is 49.2 Å². The van der Waals surface area contributed by atoms with Crippen molar-refractivity contribution in [3.05, 3.63) is 39.6 Å². The van der Waals surface area contributed by atoms with Crippen molar-refractivity contribution in [1.29, 1.82) is 0 Å². The van der Waals surface area contributed by atoms with Crippen molar-refractivity contribution in [2.45, 2.75) is 13.8 Å². The van der Waals surface area contributed by atoms with E-state index in [-0.39, 0.29) is 25.5 Å². The third-order valence-electron chi connectivity index (χ3n) is 3.56. The van der Waals surface area contributed by atoms with Gasteiger partial charge in [0.2, 0.25) is 0 Å². The van der Waals surface area contributed by atoms with Crippen molar-refractivity contribution in [1.82, 2.24) is 10.2 Å². The van der Waals surface area contributed by atoms with E-state index in [1.54, 1.807) is 25.1 Å². The van der Waals surface area contributed by atoms with Gasteiger partial charge in [-0.3, -0.25) is 9.69 Å². The number of amides is 3. The molecule has 0 atom stereocenters. The van der Waals surface area contributed by atoms with Crippen molar-refractivity contribution in [2.75, 3.05) is 26.4 Å². The highest BCUT2D eigenvalue weighted by atomic mass is 127. The number of hydrogen-bond acceptors (Lipinski definition) is 6. The Labute approximate surface area is 176 Å². The zero-order valence-electron chi connectivity index (χ0n) is 15.6. The van der Waals surface area contributed by atoms with Gasteiger partial charge in [0.05, 0.1) is 16.8 Å². The Kier molecular flexibility index (Phi) is 7.85. The molecule has 8 nitrogen and oxygen atoms in total. The molecule has 0 radical (unpaired) electrons. The van der Waals surface area contributed by atoms with E-state index in [1.165, 1.54) is 6.08 Å². The Morgan fingerprint density at radius 2 is 2.00 bits per heavy atom. The summed E-state index contributed by atoms with van der Waals surface area (Å²) in [5.41, 5.74) is 0.797. The monoisotopic (exact) mass is 500 g/mol. The van der Waals surface area contributed by atoms with Gasteiger partial charge in [-0.25, -0.2) is 9.59 Å². The summed E-state index contributed by atoms with van der Waals surface area (Å²) in [5, 5.41) is 2.54. The average Bonchev–Trinajstić information content (AvgIpc) is 2.89. The summed E-state index contributed by atoms with van der Waals surface area (Å²) in [7, 11) is 0. The number of urea groups is 1. The Morgan fingerprint density at radius 1 is 1.25 bits per heavy atom. The first kappa shape index (κ1) is 21.7. The summed E-state index contributed by atoms with van der Waals surface area (Å²) in [6, 6.07) is 2.94. The minimum atomic E-state index is -0.495. The first-order valence-corrected chi connectivity index (χ1v) is 9.69. The standard InChI is InChI=1S/C19H21IN2O6/c1-4-7-22-18(24)14(21-19(22)25)9-12-8-13(20)17(15(10-12)26-5-2)28-11-16(23)27-6-3/h4,8-10H,1,5-7,11H2,2-3H3,(H,21,25)/b14-9+. The number of benzene rings is 1. The van der Waals surface area contributed by atoms with E-state index >= 15 is 0 Å². The van der Waals surface area contributed by atoms with E-state index in [9.17, 15) is 14.4 Å². The second-order valence-corrected chi connectivity index (χ2v) is 6.71. The lowest BCUT2D eigenvalue weighted by atomic mass is 10.1. The van der Waals surface area contributed by atoms with Crippen LogP contribution in [0.2, 0.25) is 0 Å². The summed E-state index contributed by atoms with van der Waals surface area (Å²) >= 11 is 2.05. The molecular weight excluding hydrogens is 479 g/mol. The molecule has 1 aliphatic rings. The number of carbonyl (C=O) groups excluding carboxylic acids is 3. The molecule has 1 fully saturated rings. The van der Waals surface area contributed by atoms with Gasteiger partial charge in [-0.1, -0.05) is 6.08 Å². The maximum atomic E-state index is 12.3. The molecule has 1 aromatic rings. The number of nitrogens with one attached hydrogen (secondary N) is 1. The number of hydrogen-bond donors (Lipinski definition) is 1. The minimum absolute atomic E-state index is 0.129. The molecule has 1 aliphatic heterocycles. The molecule has 0 unspecified atom stereocenters. The van der Waals surface area contributed by atoms with Gasteiger partial charge in [0.15, 0.2) is 18.1 Å². The number of esters is 1. The van der Waals surface area contributed by atoms with Crippen molar-refractivity contribution < 1.29 is 28.6 Å². The van der Waals surface area contributed by atoms with Crippen LogP contribution < -0.4 is 14.8 Å². The topological polar surface area (TPSA) is 94.2 Å². The number of halogens is 1. The lowest BCUT2D eigenvalue weighted by Gasteiger charge is -2.14. The number of carbonyl (C=O) groups is 3. The van der Waals surface area contributed by atoms with Gasteiger partial charge in [0.1, 0.15) is 5.70 Å². The number of rotatable bonds is 9. The van der Waals surface area contributed by atoms with Crippen molar-refractivity contribution >= 4 is 46.6 Å². The Morgan fingerprint density at radius 3 is 2.64 bits per heavy atom. The average molecular weight is 500 g/mol. The molecule has 1 heterocycles. The fraction of sp³-hybridized carbons (Fsp3) is 0.316. The number of imide groups is 1. The fourth-order valence-corrected chi connectivity index (χ4v) is 3.22. The van der Waals surface area contributed by atoms with Crippen LogP contribution in [0.1, 0.15) is 19.4 Å². The minimum Gasteiger partial charge on any atom is -0.490 e. The summed E-state index contributed by atoms with van der Waals surface area (Å²) in [4.78, 5) is 36.8. The third-order valence-corrected chi connectivity index (χ3v) is 4.36. The quantitative estimate of drug-likeness (QED) is 0.184. The Hall–Kier alpha value is -2.56. The van der Waals surface area contributed by atoms with Crippen LogP contribution in [-0.2, 0) is 14.3 Å². The van der Waals surface area contributed by atoms with Gasteiger partial charge in [-0.2, -0.15) is 0 Å². The van der Waals surface area contributed by atoms with Crippen LogP contribution in [0.5, 0.6) is 11.5 Å². The molecule has 0 aliphatic carbocycles. The molecule has 0 saturated carbocycles. The van der Waals surface area contributed by atoms with Crippen LogP contribution >= 0.6 is 22.6 Å². The molecule has 3 amide bonds. The van der Waals surface area contributed by atoms with E-state index in [4.69, 9.17) is 14.2 Å². The normalized spacial score (nSPS) is 14.8. The van der Waals surface area contributed by atoms with E-state index in [1.807, 2.05) is 6.92 Å². The zero-order chi connectivity index (χ0) is 20.7. The van der Waals surface area contributed by atoms with E-state index in [2.05, 4.69) is 34.5 Å². The summed E-state index contributed by atoms with van der Waals surface area (Å²) in [6.07, 6.45) is 3.04. The molecular formula is C19H21IN2O6. The Bertz CT molecular complexity index is 821. The molecule has 1 saturated heterocycles. The van der Waals surface area contributed by atoms with Gasteiger partial charge in [0.25, 0.3) is 5.91 Å². The second-order valence-electron chi connectivity index (χ2n) is 5.55. The maximum Gasteiger partial charge on any atom is 0.344 e. The number of nitrogens with zero attached hydrogens (tertiary/aromatic N) is 1. The van der Waals surface area contributed by atoms with E-state index in [0.29, 0.717) is 27.2 Å². The second kappa shape index (κ2) is 10.1.